The van der Waals surface area contributed by atoms with Gasteiger partial charge in [-0.25, -0.2) is 4.79 Å². The summed E-state index contributed by atoms with van der Waals surface area (Å²) in [6.07, 6.45) is 0.813. The van der Waals surface area contributed by atoms with Crippen molar-refractivity contribution in [2.24, 2.45) is 0 Å². The highest BCUT2D eigenvalue weighted by Gasteiger charge is 2.00. The zero-order valence-corrected chi connectivity index (χ0v) is 12.1. The first-order valence-electron chi connectivity index (χ1n) is 6.99. The number of amides is 2. The minimum Gasteiger partial charge on any atom is -0.473 e. The van der Waals surface area contributed by atoms with E-state index in [0.29, 0.717) is 6.54 Å². The average molecular weight is 284 g/mol. The SMILES string of the molecule is Cc1ccc(CCNC(=O)NCOc2ccccc2)cc1. The molecule has 0 spiro atoms. The number of carbonyl (C=O) groups excluding carboxylic acids is 1. The number of benzene rings is 2. The van der Waals surface area contributed by atoms with Crippen LogP contribution in [0.1, 0.15) is 11.1 Å². The molecule has 0 saturated heterocycles. The first-order chi connectivity index (χ1) is 10.2. The van der Waals surface area contributed by atoms with E-state index < -0.39 is 0 Å². The second-order valence-electron chi connectivity index (χ2n) is 4.77. The van der Waals surface area contributed by atoms with Gasteiger partial charge in [0.25, 0.3) is 0 Å². The summed E-state index contributed by atoms with van der Waals surface area (Å²) in [4.78, 5) is 11.6. The number of rotatable bonds is 6. The number of hydrogen-bond acceptors (Lipinski definition) is 2. The van der Waals surface area contributed by atoms with Crippen LogP contribution in [0.15, 0.2) is 54.6 Å². The Morgan fingerprint density at radius 2 is 1.71 bits per heavy atom. The molecule has 0 atom stereocenters. The first kappa shape index (κ1) is 14.9. The van der Waals surface area contributed by atoms with Crippen molar-refractivity contribution in [2.75, 3.05) is 13.3 Å². The van der Waals surface area contributed by atoms with Crippen molar-refractivity contribution in [3.05, 3.63) is 65.7 Å². The van der Waals surface area contributed by atoms with Gasteiger partial charge >= 0.3 is 6.03 Å². The lowest BCUT2D eigenvalue weighted by Crippen LogP contribution is -2.38. The molecule has 4 heteroatoms. The molecule has 110 valence electrons. The van der Waals surface area contributed by atoms with Crippen LogP contribution in [-0.4, -0.2) is 19.3 Å². The van der Waals surface area contributed by atoms with Gasteiger partial charge in [-0.1, -0.05) is 48.0 Å². The van der Waals surface area contributed by atoms with Gasteiger partial charge in [0.15, 0.2) is 6.73 Å². The summed E-state index contributed by atoms with van der Waals surface area (Å²) in [6, 6.07) is 17.4. The molecule has 0 aliphatic carbocycles. The van der Waals surface area contributed by atoms with Crippen LogP contribution in [0.3, 0.4) is 0 Å². The predicted octanol–water partition coefficient (Wildman–Crippen LogP) is 2.87. The number of urea groups is 1. The molecule has 0 fully saturated rings. The van der Waals surface area contributed by atoms with Crippen molar-refractivity contribution in [1.82, 2.24) is 10.6 Å². The smallest absolute Gasteiger partial charge is 0.317 e. The Morgan fingerprint density at radius 3 is 2.43 bits per heavy atom. The molecule has 2 amide bonds. The van der Waals surface area contributed by atoms with Crippen LogP contribution in [0.2, 0.25) is 0 Å². The highest BCUT2D eigenvalue weighted by molar-refractivity contribution is 5.73. The fourth-order valence-corrected chi connectivity index (χ4v) is 1.84. The van der Waals surface area contributed by atoms with Crippen molar-refractivity contribution >= 4 is 6.03 Å². The Bertz CT molecular complexity index is 553. The maximum absolute atomic E-state index is 11.6. The van der Waals surface area contributed by atoms with Crippen molar-refractivity contribution in [3.63, 3.8) is 0 Å². The standard InChI is InChI=1S/C17H20N2O2/c1-14-7-9-15(10-8-14)11-12-18-17(20)19-13-21-16-5-3-2-4-6-16/h2-10H,11-13H2,1H3,(H2,18,19,20). The van der Waals surface area contributed by atoms with Gasteiger partial charge in [-0.15, -0.1) is 0 Å². The molecule has 0 radical (unpaired) electrons. The van der Waals surface area contributed by atoms with Crippen molar-refractivity contribution in [2.45, 2.75) is 13.3 Å². The maximum atomic E-state index is 11.6. The summed E-state index contributed by atoms with van der Waals surface area (Å²) in [6.45, 7) is 2.81. The van der Waals surface area contributed by atoms with E-state index in [1.165, 1.54) is 11.1 Å². The number of ether oxygens (including phenoxy) is 1. The van der Waals surface area contributed by atoms with Gasteiger partial charge in [-0.2, -0.15) is 0 Å². The van der Waals surface area contributed by atoms with E-state index in [9.17, 15) is 4.79 Å². The van der Waals surface area contributed by atoms with Gasteiger partial charge in [-0.05, 0) is 31.0 Å². The number of aryl methyl sites for hydroxylation is 1. The summed E-state index contributed by atoms with van der Waals surface area (Å²) in [5.41, 5.74) is 2.45. The molecule has 2 aromatic rings. The lowest BCUT2D eigenvalue weighted by molar-refractivity contribution is 0.224. The van der Waals surface area contributed by atoms with Crippen LogP contribution < -0.4 is 15.4 Å². The molecule has 0 heterocycles. The van der Waals surface area contributed by atoms with E-state index in [4.69, 9.17) is 4.74 Å². The fraction of sp³-hybridized carbons (Fsp3) is 0.235. The molecule has 2 N–H and O–H groups in total. The van der Waals surface area contributed by atoms with Gasteiger partial charge in [0.05, 0.1) is 0 Å². The molecular formula is C17H20N2O2. The van der Waals surface area contributed by atoms with E-state index in [2.05, 4.69) is 41.8 Å². The van der Waals surface area contributed by atoms with Gasteiger partial charge < -0.3 is 15.4 Å². The van der Waals surface area contributed by atoms with Gasteiger partial charge in [0.1, 0.15) is 5.75 Å². The molecule has 0 aliphatic heterocycles. The van der Waals surface area contributed by atoms with E-state index in [0.717, 1.165) is 12.2 Å². The van der Waals surface area contributed by atoms with Crippen LogP contribution in [0, 0.1) is 6.92 Å². The van der Waals surface area contributed by atoms with Crippen LogP contribution >= 0.6 is 0 Å². The molecule has 0 aliphatic rings. The summed E-state index contributed by atoms with van der Waals surface area (Å²) in [5, 5.41) is 5.46. The fourth-order valence-electron chi connectivity index (χ4n) is 1.84. The Kier molecular flexibility index (Phi) is 5.64. The van der Waals surface area contributed by atoms with Crippen molar-refractivity contribution in [3.8, 4) is 5.75 Å². The molecule has 4 nitrogen and oxygen atoms in total. The van der Waals surface area contributed by atoms with Crippen LogP contribution in [-0.2, 0) is 6.42 Å². The zero-order chi connectivity index (χ0) is 14.9. The van der Waals surface area contributed by atoms with Gasteiger partial charge in [0.2, 0.25) is 0 Å². The number of hydrogen-bond donors (Lipinski definition) is 2. The quantitative estimate of drug-likeness (QED) is 0.801. The van der Waals surface area contributed by atoms with Crippen LogP contribution in [0.4, 0.5) is 4.79 Å². The number of carbonyl (C=O) groups is 1. The molecule has 0 saturated carbocycles. The Labute approximate surface area is 125 Å². The minimum atomic E-state index is -0.224. The van der Waals surface area contributed by atoms with Gasteiger partial charge in [0, 0.05) is 6.54 Å². The lowest BCUT2D eigenvalue weighted by Gasteiger charge is -2.09. The third-order valence-electron chi connectivity index (χ3n) is 3.03. The predicted molar refractivity (Wildman–Crippen MR) is 83.4 cm³/mol. The van der Waals surface area contributed by atoms with Crippen LogP contribution in [0.25, 0.3) is 0 Å². The second kappa shape index (κ2) is 7.94. The zero-order valence-electron chi connectivity index (χ0n) is 12.1. The van der Waals surface area contributed by atoms with E-state index in [1.54, 1.807) is 0 Å². The summed E-state index contributed by atoms with van der Waals surface area (Å²) >= 11 is 0. The maximum Gasteiger partial charge on any atom is 0.317 e. The summed E-state index contributed by atoms with van der Waals surface area (Å²) in [7, 11) is 0. The van der Waals surface area contributed by atoms with E-state index in [-0.39, 0.29) is 12.8 Å². The molecule has 0 aromatic heterocycles. The topological polar surface area (TPSA) is 50.4 Å². The van der Waals surface area contributed by atoms with Gasteiger partial charge in [-0.3, -0.25) is 0 Å². The van der Waals surface area contributed by atoms with Crippen LogP contribution in [0.5, 0.6) is 5.75 Å². The monoisotopic (exact) mass is 284 g/mol. The largest absolute Gasteiger partial charge is 0.473 e. The van der Waals surface area contributed by atoms with E-state index in [1.807, 2.05) is 30.3 Å². The molecule has 0 unspecified atom stereocenters. The average Bonchev–Trinajstić information content (AvgIpc) is 2.50. The number of para-hydroxylation sites is 1. The second-order valence-corrected chi connectivity index (χ2v) is 4.77. The summed E-state index contributed by atoms with van der Waals surface area (Å²) < 4.78 is 5.38. The number of nitrogens with one attached hydrogen (secondary N) is 2. The van der Waals surface area contributed by atoms with E-state index >= 15 is 0 Å². The normalized spacial score (nSPS) is 9.95. The molecule has 2 aromatic carbocycles. The highest BCUT2D eigenvalue weighted by atomic mass is 16.5. The Balaban J connectivity index is 1.60. The molecule has 0 bridgehead atoms. The Morgan fingerprint density at radius 1 is 1.00 bits per heavy atom. The van der Waals surface area contributed by atoms with Crippen molar-refractivity contribution in [1.29, 1.82) is 0 Å². The molecule has 21 heavy (non-hydrogen) atoms. The third kappa shape index (κ3) is 5.57. The minimum absolute atomic E-state index is 0.153. The third-order valence-corrected chi connectivity index (χ3v) is 3.03. The molecule has 2 rings (SSSR count). The Hall–Kier alpha value is -2.49. The highest BCUT2D eigenvalue weighted by Crippen LogP contribution is 2.07. The first-order valence-corrected chi connectivity index (χ1v) is 6.99. The van der Waals surface area contributed by atoms with Crippen molar-refractivity contribution < 1.29 is 9.53 Å². The summed E-state index contributed by atoms with van der Waals surface area (Å²) in [5.74, 6) is 0.734. The lowest BCUT2D eigenvalue weighted by atomic mass is 10.1. The molecular weight excluding hydrogens is 264 g/mol.